The number of phenols is 2. The third kappa shape index (κ3) is 4.13. The summed E-state index contributed by atoms with van der Waals surface area (Å²) in [5.74, 6) is -1.33. The van der Waals surface area contributed by atoms with Gasteiger partial charge in [-0.15, -0.1) is 0 Å². The SMILES string of the molecule is O=C(CCc1ccc(O)c(O)c1)OC1OC(CO)C(O)C(O)C1O. The predicted octanol–water partition coefficient (Wildman–Crippen LogP) is -1.63. The van der Waals surface area contributed by atoms with Gasteiger partial charge in [0.1, 0.15) is 24.4 Å². The van der Waals surface area contributed by atoms with Crippen molar-refractivity contribution in [3.8, 4) is 11.5 Å². The molecule has 1 aliphatic rings. The molecular formula is C15H20O9. The third-order valence-electron chi connectivity index (χ3n) is 3.75. The van der Waals surface area contributed by atoms with Gasteiger partial charge in [0, 0.05) is 6.42 Å². The topological polar surface area (TPSA) is 157 Å². The molecule has 0 bridgehead atoms. The second-order valence-electron chi connectivity index (χ2n) is 5.51. The van der Waals surface area contributed by atoms with Gasteiger partial charge in [0.25, 0.3) is 0 Å². The number of carbonyl (C=O) groups excluding carboxylic acids is 1. The molecule has 0 radical (unpaired) electrons. The van der Waals surface area contributed by atoms with E-state index in [9.17, 15) is 30.3 Å². The Labute approximate surface area is 137 Å². The fraction of sp³-hybridized carbons (Fsp3) is 0.533. The number of aliphatic hydroxyl groups is 4. The second kappa shape index (κ2) is 7.77. The molecule has 0 saturated carbocycles. The molecule has 5 unspecified atom stereocenters. The van der Waals surface area contributed by atoms with E-state index < -0.39 is 43.3 Å². The molecule has 9 nitrogen and oxygen atoms in total. The first-order chi connectivity index (χ1) is 11.3. The molecular weight excluding hydrogens is 324 g/mol. The summed E-state index contributed by atoms with van der Waals surface area (Å²) >= 11 is 0. The highest BCUT2D eigenvalue weighted by Crippen LogP contribution is 2.26. The number of aryl methyl sites for hydroxylation is 1. The number of hydrogen-bond donors (Lipinski definition) is 6. The Bertz CT molecular complexity index is 574. The van der Waals surface area contributed by atoms with Crippen LogP contribution in [-0.2, 0) is 20.7 Å². The van der Waals surface area contributed by atoms with Gasteiger partial charge < -0.3 is 40.1 Å². The number of hydrogen-bond acceptors (Lipinski definition) is 9. The normalized spacial score (nSPS) is 30.1. The van der Waals surface area contributed by atoms with Gasteiger partial charge in [0.15, 0.2) is 11.5 Å². The van der Waals surface area contributed by atoms with E-state index >= 15 is 0 Å². The molecule has 0 aromatic heterocycles. The summed E-state index contributed by atoms with van der Waals surface area (Å²) in [6.45, 7) is -0.619. The van der Waals surface area contributed by atoms with Crippen LogP contribution in [0.5, 0.6) is 11.5 Å². The maximum absolute atomic E-state index is 11.8. The third-order valence-corrected chi connectivity index (χ3v) is 3.75. The molecule has 6 N–H and O–H groups in total. The first-order valence-electron chi connectivity index (χ1n) is 7.34. The van der Waals surface area contributed by atoms with Gasteiger partial charge >= 0.3 is 5.97 Å². The first-order valence-corrected chi connectivity index (χ1v) is 7.34. The van der Waals surface area contributed by atoms with E-state index in [1.54, 1.807) is 0 Å². The largest absolute Gasteiger partial charge is 0.504 e. The summed E-state index contributed by atoms with van der Waals surface area (Å²) in [5, 5.41) is 56.7. The molecule has 5 atom stereocenters. The fourth-order valence-electron chi connectivity index (χ4n) is 2.32. The van der Waals surface area contributed by atoms with Crippen LogP contribution in [0.15, 0.2) is 18.2 Å². The van der Waals surface area contributed by atoms with Crippen molar-refractivity contribution in [1.82, 2.24) is 0 Å². The molecule has 0 amide bonds. The zero-order valence-electron chi connectivity index (χ0n) is 12.6. The predicted molar refractivity (Wildman–Crippen MR) is 78.0 cm³/mol. The minimum Gasteiger partial charge on any atom is -0.504 e. The Morgan fingerprint density at radius 1 is 1.08 bits per heavy atom. The number of esters is 1. The number of rotatable bonds is 5. The van der Waals surface area contributed by atoms with Crippen molar-refractivity contribution in [2.75, 3.05) is 6.61 Å². The highest BCUT2D eigenvalue weighted by atomic mass is 16.7. The van der Waals surface area contributed by atoms with E-state index in [4.69, 9.17) is 14.6 Å². The molecule has 1 saturated heterocycles. The van der Waals surface area contributed by atoms with Crippen LogP contribution in [0.25, 0.3) is 0 Å². The Morgan fingerprint density at radius 3 is 2.42 bits per heavy atom. The molecule has 9 heteroatoms. The number of aliphatic hydroxyl groups excluding tert-OH is 4. The quantitative estimate of drug-likeness (QED) is 0.273. The lowest BCUT2D eigenvalue weighted by Crippen LogP contribution is -2.59. The lowest BCUT2D eigenvalue weighted by Gasteiger charge is -2.39. The van der Waals surface area contributed by atoms with Gasteiger partial charge in [0.05, 0.1) is 6.61 Å². The summed E-state index contributed by atoms with van der Waals surface area (Å²) in [4.78, 5) is 11.8. The van der Waals surface area contributed by atoms with Crippen molar-refractivity contribution in [3.63, 3.8) is 0 Å². The van der Waals surface area contributed by atoms with Gasteiger partial charge in [-0.25, -0.2) is 0 Å². The Morgan fingerprint density at radius 2 is 1.79 bits per heavy atom. The van der Waals surface area contributed by atoms with Crippen LogP contribution in [0.2, 0.25) is 0 Å². The fourth-order valence-corrected chi connectivity index (χ4v) is 2.32. The second-order valence-corrected chi connectivity index (χ2v) is 5.51. The van der Waals surface area contributed by atoms with Gasteiger partial charge in [-0.2, -0.15) is 0 Å². The van der Waals surface area contributed by atoms with Crippen LogP contribution >= 0.6 is 0 Å². The number of benzene rings is 1. The van der Waals surface area contributed by atoms with Crippen LogP contribution in [0, 0.1) is 0 Å². The summed E-state index contributed by atoms with van der Waals surface area (Å²) in [7, 11) is 0. The smallest absolute Gasteiger partial charge is 0.308 e. The van der Waals surface area contributed by atoms with E-state index in [1.165, 1.54) is 18.2 Å². The number of carbonyl (C=O) groups is 1. The van der Waals surface area contributed by atoms with Crippen molar-refractivity contribution >= 4 is 5.97 Å². The number of ether oxygens (including phenoxy) is 2. The molecule has 1 fully saturated rings. The molecule has 2 rings (SSSR count). The van der Waals surface area contributed by atoms with E-state index in [1.807, 2.05) is 0 Å². The molecule has 1 aliphatic heterocycles. The maximum Gasteiger partial charge on any atom is 0.308 e. The van der Waals surface area contributed by atoms with Gasteiger partial charge in [-0.05, 0) is 24.1 Å². The van der Waals surface area contributed by atoms with Gasteiger partial charge in [-0.1, -0.05) is 6.07 Å². The van der Waals surface area contributed by atoms with E-state index in [0.29, 0.717) is 5.56 Å². The van der Waals surface area contributed by atoms with Crippen molar-refractivity contribution < 1.29 is 44.9 Å². The van der Waals surface area contributed by atoms with Crippen LogP contribution in [0.1, 0.15) is 12.0 Å². The Hall–Kier alpha value is -1.91. The van der Waals surface area contributed by atoms with E-state index in [0.717, 1.165) is 0 Å². The van der Waals surface area contributed by atoms with Crippen molar-refractivity contribution in [2.45, 2.75) is 43.5 Å². The zero-order valence-corrected chi connectivity index (χ0v) is 12.6. The van der Waals surface area contributed by atoms with Crippen LogP contribution < -0.4 is 0 Å². The molecule has 1 aromatic carbocycles. The highest BCUT2D eigenvalue weighted by molar-refractivity contribution is 5.70. The summed E-state index contributed by atoms with van der Waals surface area (Å²) in [6, 6.07) is 4.11. The minimum absolute atomic E-state index is 0.112. The van der Waals surface area contributed by atoms with Crippen molar-refractivity contribution in [2.24, 2.45) is 0 Å². The lowest BCUT2D eigenvalue weighted by atomic mass is 9.99. The average molecular weight is 344 g/mol. The maximum atomic E-state index is 11.8. The van der Waals surface area contributed by atoms with Gasteiger partial charge in [-0.3, -0.25) is 4.79 Å². The Kier molecular flexibility index (Phi) is 5.97. The Balaban J connectivity index is 1.90. The van der Waals surface area contributed by atoms with Gasteiger partial charge in [0.2, 0.25) is 6.29 Å². The highest BCUT2D eigenvalue weighted by Gasteiger charge is 2.45. The molecule has 24 heavy (non-hydrogen) atoms. The number of phenolic OH excluding ortho intramolecular Hbond substituents is 2. The standard InChI is InChI=1S/C15H20O9/c16-6-10-12(20)13(21)14(22)15(23-10)24-11(19)4-2-7-1-3-8(17)9(18)5-7/h1,3,5,10,12-18,20-22H,2,4,6H2. The monoisotopic (exact) mass is 344 g/mol. The minimum atomic E-state index is -1.65. The van der Waals surface area contributed by atoms with Crippen molar-refractivity contribution in [3.05, 3.63) is 23.8 Å². The first kappa shape index (κ1) is 18.4. The average Bonchev–Trinajstić information content (AvgIpc) is 2.56. The molecule has 1 aromatic rings. The number of aromatic hydroxyl groups is 2. The van der Waals surface area contributed by atoms with E-state index in [-0.39, 0.29) is 24.3 Å². The van der Waals surface area contributed by atoms with Crippen molar-refractivity contribution in [1.29, 1.82) is 0 Å². The summed E-state index contributed by atoms with van der Waals surface area (Å²) in [5.41, 5.74) is 0.580. The van der Waals surface area contributed by atoms with Crippen LogP contribution in [0.3, 0.4) is 0 Å². The van der Waals surface area contributed by atoms with Crippen LogP contribution in [0.4, 0.5) is 0 Å². The van der Waals surface area contributed by atoms with E-state index in [2.05, 4.69) is 0 Å². The molecule has 0 aliphatic carbocycles. The molecule has 1 heterocycles. The summed E-state index contributed by atoms with van der Waals surface area (Å²) < 4.78 is 9.99. The summed E-state index contributed by atoms with van der Waals surface area (Å²) in [6.07, 6.45) is -7.38. The lowest BCUT2D eigenvalue weighted by molar-refractivity contribution is -0.292. The molecule has 134 valence electrons. The zero-order chi connectivity index (χ0) is 17.9. The van der Waals surface area contributed by atoms with Crippen LogP contribution in [-0.4, -0.2) is 73.9 Å². The molecule has 0 spiro atoms.